The summed E-state index contributed by atoms with van der Waals surface area (Å²) in [5.74, 6) is 0. The molecule has 8 heavy (non-hydrogen) atoms. The molecule has 0 spiro atoms. The average Bonchev–Trinajstić information content (AvgIpc) is 1.64. The first kappa shape index (κ1) is 6.02. The van der Waals surface area contributed by atoms with E-state index < -0.39 is 0 Å². The second-order valence-corrected chi connectivity index (χ2v) is 2.85. The van der Waals surface area contributed by atoms with Crippen molar-refractivity contribution in [2.45, 2.75) is 32.2 Å². The predicted octanol–water partition coefficient (Wildman–Crippen LogP) is 1.48. The smallest absolute Gasteiger partial charge is 0.0755 e. The molecule has 1 nitrogen and oxygen atoms in total. The summed E-state index contributed by atoms with van der Waals surface area (Å²) in [6.07, 6.45) is 3.65. The fourth-order valence-electron chi connectivity index (χ4n) is 0.988. The highest BCUT2D eigenvalue weighted by Crippen LogP contribution is 2.07. The highest BCUT2D eigenvalue weighted by molar-refractivity contribution is 7.80. The topological polar surface area (TPSA) is 12.0 Å². The molecular formula is C6H11NS. The summed E-state index contributed by atoms with van der Waals surface area (Å²) in [4.78, 5) is 1.05. The lowest BCUT2D eigenvalue weighted by Crippen LogP contribution is -2.34. The molecule has 1 rings (SSSR count). The van der Waals surface area contributed by atoms with Crippen LogP contribution in [-0.4, -0.2) is 11.0 Å². The lowest BCUT2D eigenvalue weighted by atomic mass is 10.1. The molecule has 0 aliphatic carbocycles. The molecule has 0 saturated carbocycles. The van der Waals surface area contributed by atoms with E-state index in [4.69, 9.17) is 12.2 Å². The number of piperidine rings is 1. The van der Waals surface area contributed by atoms with Crippen LogP contribution in [0, 0.1) is 0 Å². The van der Waals surface area contributed by atoms with Crippen LogP contribution < -0.4 is 5.32 Å². The van der Waals surface area contributed by atoms with Gasteiger partial charge in [-0.1, -0.05) is 12.2 Å². The van der Waals surface area contributed by atoms with E-state index >= 15 is 0 Å². The van der Waals surface area contributed by atoms with Gasteiger partial charge in [-0.15, -0.1) is 0 Å². The minimum atomic E-state index is 0.622. The van der Waals surface area contributed by atoms with Crippen molar-refractivity contribution < 1.29 is 0 Å². The molecule has 1 heterocycles. The van der Waals surface area contributed by atoms with Crippen LogP contribution >= 0.6 is 12.2 Å². The van der Waals surface area contributed by atoms with Gasteiger partial charge in [-0.2, -0.15) is 0 Å². The Bertz CT molecular complexity index is 101. The summed E-state index contributed by atoms with van der Waals surface area (Å²) >= 11 is 4.97. The van der Waals surface area contributed by atoms with Crippen molar-refractivity contribution in [2.24, 2.45) is 0 Å². The van der Waals surface area contributed by atoms with Crippen molar-refractivity contribution in [3.8, 4) is 0 Å². The molecule has 0 aromatic rings. The molecule has 1 N–H and O–H groups in total. The second kappa shape index (κ2) is 2.44. The van der Waals surface area contributed by atoms with Gasteiger partial charge in [0, 0.05) is 6.04 Å². The van der Waals surface area contributed by atoms with E-state index in [-0.39, 0.29) is 0 Å². The number of thiocarbonyl (C=S) groups is 1. The maximum Gasteiger partial charge on any atom is 0.0755 e. The van der Waals surface area contributed by atoms with Crippen LogP contribution in [0.5, 0.6) is 0 Å². The Hall–Kier alpha value is -0.110. The van der Waals surface area contributed by atoms with Crippen molar-refractivity contribution in [2.75, 3.05) is 0 Å². The van der Waals surface area contributed by atoms with Gasteiger partial charge in [0.05, 0.1) is 4.99 Å². The third kappa shape index (κ3) is 1.44. The van der Waals surface area contributed by atoms with E-state index in [1.54, 1.807) is 0 Å². The molecular weight excluding hydrogens is 118 g/mol. The molecule has 1 atom stereocenters. The van der Waals surface area contributed by atoms with Gasteiger partial charge < -0.3 is 5.32 Å². The van der Waals surface area contributed by atoms with Gasteiger partial charge in [-0.25, -0.2) is 0 Å². The summed E-state index contributed by atoms with van der Waals surface area (Å²) in [6.45, 7) is 2.17. The lowest BCUT2D eigenvalue weighted by molar-refractivity contribution is 0.548. The summed E-state index contributed by atoms with van der Waals surface area (Å²) in [5.41, 5.74) is 0. The molecule has 0 aromatic carbocycles. The molecule has 0 radical (unpaired) electrons. The summed E-state index contributed by atoms with van der Waals surface area (Å²) in [6, 6.07) is 0.622. The number of rotatable bonds is 0. The van der Waals surface area contributed by atoms with Crippen molar-refractivity contribution in [3.05, 3.63) is 0 Å². The number of hydrogen-bond acceptors (Lipinski definition) is 1. The van der Waals surface area contributed by atoms with Crippen LogP contribution in [-0.2, 0) is 0 Å². The molecule has 1 aliphatic heterocycles. The van der Waals surface area contributed by atoms with Crippen LogP contribution in [0.4, 0.5) is 0 Å². The zero-order valence-electron chi connectivity index (χ0n) is 5.11. The SMILES string of the molecule is CC1CCCC(=S)N1. The fraction of sp³-hybridized carbons (Fsp3) is 0.833. The van der Waals surface area contributed by atoms with Gasteiger partial charge in [0.1, 0.15) is 0 Å². The van der Waals surface area contributed by atoms with Crippen molar-refractivity contribution in [3.63, 3.8) is 0 Å². The zero-order chi connectivity index (χ0) is 5.98. The van der Waals surface area contributed by atoms with E-state index in [9.17, 15) is 0 Å². The van der Waals surface area contributed by atoms with Crippen molar-refractivity contribution >= 4 is 17.2 Å². The maximum absolute atomic E-state index is 4.97. The number of hydrogen-bond donors (Lipinski definition) is 1. The third-order valence-electron chi connectivity index (χ3n) is 1.45. The van der Waals surface area contributed by atoms with E-state index in [0.29, 0.717) is 6.04 Å². The molecule has 1 fully saturated rings. The molecule has 0 bridgehead atoms. The third-order valence-corrected chi connectivity index (χ3v) is 1.77. The van der Waals surface area contributed by atoms with Crippen molar-refractivity contribution in [1.29, 1.82) is 0 Å². The van der Waals surface area contributed by atoms with Gasteiger partial charge in [-0.3, -0.25) is 0 Å². The zero-order valence-corrected chi connectivity index (χ0v) is 5.92. The molecule has 2 heteroatoms. The Kier molecular flexibility index (Phi) is 1.84. The van der Waals surface area contributed by atoms with Crippen LogP contribution in [0.1, 0.15) is 26.2 Å². The van der Waals surface area contributed by atoms with Gasteiger partial charge in [0.25, 0.3) is 0 Å². The Morgan fingerprint density at radius 1 is 1.75 bits per heavy atom. The van der Waals surface area contributed by atoms with Gasteiger partial charge in [0.15, 0.2) is 0 Å². The Morgan fingerprint density at radius 2 is 2.50 bits per heavy atom. The highest BCUT2D eigenvalue weighted by atomic mass is 32.1. The Morgan fingerprint density at radius 3 is 2.88 bits per heavy atom. The van der Waals surface area contributed by atoms with Crippen LogP contribution in [0.25, 0.3) is 0 Å². The normalized spacial score (nSPS) is 29.6. The van der Waals surface area contributed by atoms with Crippen molar-refractivity contribution in [1.82, 2.24) is 5.32 Å². The Labute approximate surface area is 55.5 Å². The first-order valence-electron chi connectivity index (χ1n) is 3.08. The lowest BCUT2D eigenvalue weighted by Gasteiger charge is -2.20. The van der Waals surface area contributed by atoms with E-state index in [1.807, 2.05) is 0 Å². The molecule has 1 saturated heterocycles. The van der Waals surface area contributed by atoms with Crippen LogP contribution in [0.2, 0.25) is 0 Å². The molecule has 1 aliphatic rings. The Balaban J connectivity index is 2.34. The first-order chi connectivity index (χ1) is 3.79. The van der Waals surface area contributed by atoms with E-state index in [2.05, 4.69) is 12.2 Å². The second-order valence-electron chi connectivity index (χ2n) is 2.36. The maximum atomic E-state index is 4.97. The highest BCUT2D eigenvalue weighted by Gasteiger charge is 2.09. The minimum Gasteiger partial charge on any atom is -0.377 e. The molecule has 0 amide bonds. The first-order valence-corrected chi connectivity index (χ1v) is 3.49. The monoisotopic (exact) mass is 129 g/mol. The van der Waals surface area contributed by atoms with Gasteiger partial charge in [-0.05, 0) is 26.2 Å². The molecule has 0 aromatic heterocycles. The molecule has 46 valence electrons. The standard InChI is InChI=1S/C6H11NS/c1-5-3-2-4-6(8)7-5/h5H,2-4H2,1H3,(H,7,8). The van der Waals surface area contributed by atoms with Gasteiger partial charge >= 0.3 is 0 Å². The fourth-order valence-corrected chi connectivity index (χ4v) is 1.33. The quantitative estimate of drug-likeness (QED) is 0.497. The van der Waals surface area contributed by atoms with Crippen LogP contribution in [0.15, 0.2) is 0 Å². The van der Waals surface area contributed by atoms with E-state index in [1.165, 1.54) is 12.8 Å². The van der Waals surface area contributed by atoms with E-state index in [0.717, 1.165) is 11.4 Å². The number of nitrogens with one attached hydrogen (secondary N) is 1. The summed E-state index contributed by atoms with van der Waals surface area (Å²) in [7, 11) is 0. The predicted molar refractivity (Wildman–Crippen MR) is 39.0 cm³/mol. The summed E-state index contributed by atoms with van der Waals surface area (Å²) in [5, 5.41) is 3.21. The van der Waals surface area contributed by atoms with Gasteiger partial charge in [0.2, 0.25) is 0 Å². The molecule has 1 unspecified atom stereocenters. The van der Waals surface area contributed by atoms with Crippen LogP contribution in [0.3, 0.4) is 0 Å². The summed E-state index contributed by atoms with van der Waals surface area (Å²) < 4.78 is 0. The average molecular weight is 129 g/mol. The minimum absolute atomic E-state index is 0.622. The largest absolute Gasteiger partial charge is 0.377 e.